The fourth-order valence-corrected chi connectivity index (χ4v) is 2.50. The summed E-state index contributed by atoms with van der Waals surface area (Å²) in [6.45, 7) is 5.10. The van der Waals surface area contributed by atoms with Crippen LogP contribution in [0.3, 0.4) is 0 Å². The zero-order valence-corrected chi connectivity index (χ0v) is 13.1. The van der Waals surface area contributed by atoms with E-state index in [0.29, 0.717) is 17.4 Å². The van der Waals surface area contributed by atoms with Crippen LogP contribution < -0.4 is 11.3 Å². The Morgan fingerprint density at radius 3 is 2.71 bits per heavy atom. The van der Waals surface area contributed by atoms with Gasteiger partial charge in [-0.2, -0.15) is 0 Å². The highest BCUT2D eigenvalue weighted by Crippen LogP contribution is 2.29. The zero-order chi connectivity index (χ0) is 15.2. The Kier molecular flexibility index (Phi) is 5.56. The molecule has 1 aromatic heterocycles. The first-order chi connectivity index (χ1) is 10.2. The van der Waals surface area contributed by atoms with E-state index in [4.69, 9.17) is 5.84 Å². The van der Waals surface area contributed by atoms with Gasteiger partial charge in [-0.1, -0.05) is 26.7 Å². The van der Waals surface area contributed by atoms with Crippen molar-refractivity contribution in [2.75, 3.05) is 12.0 Å². The van der Waals surface area contributed by atoms with E-state index in [2.05, 4.69) is 24.3 Å². The molecular formula is C16H26N4O. The number of aryl methyl sites for hydroxylation is 1. The summed E-state index contributed by atoms with van der Waals surface area (Å²) >= 11 is 0. The van der Waals surface area contributed by atoms with Crippen LogP contribution in [0.4, 0.5) is 5.82 Å². The molecule has 0 aromatic carbocycles. The minimum atomic E-state index is 0.113. The van der Waals surface area contributed by atoms with Crippen molar-refractivity contribution >= 4 is 11.7 Å². The molecule has 2 rings (SSSR count). The molecule has 1 aromatic rings. The van der Waals surface area contributed by atoms with E-state index in [1.54, 1.807) is 6.07 Å². The summed E-state index contributed by atoms with van der Waals surface area (Å²) in [5, 5.41) is 0. The van der Waals surface area contributed by atoms with Gasteiger partial charge in [-0.15, -0.1) is 0 Å². The van der Waals surface area contributed by atoms with E-state index in [9.17, 15) is 4.79 Å². The third-order valence-corrected chi connectivity index (χ3v) is 3.78. The number of nitrogens with one attached hydrogen (secondary N) is 1. The number of rotatable bonds is 8. The van der Waals surface area contributed by atoms with Gasteiger partial charge in [0.25, 0.3) is 5.91 Å². The SMILES string of the molecule is CCCCN(C(=O)c1cc(CCC)nc(NN)c1)C1CC1. The molecule has 0 spiro atoms. The largest absolute Gasteiger partial charge is 0.336 e. The molecule has 0 aliphatic heterocycles. The highest BCUT2D eigenvalue weighted by molar-refractivity contribution is 5.95. The predicted octanol–water partition coefficient (Wildman–Crippen LogP) is 2.72. The van der Waals surface area contributed by atoms with Gasteiger partial charge in [0.05, 0.1) is 0 Å². The number of anilines is 1. The lowest BCUT2D eigenvalue weighted by atomic mass is 10.1. The van der Waals surface area contributed by atoms with Crippen molar-refractivity contribution in [2.24, 2.45) is 5.84 Å². The minimum absolute atomic E-state index is 0.113. The van der Waals surface area contributed by atoms with Gasteiger partial charge in [-0.05, 0) is 37.8 Å². The van der Waals surface area contributed by atoms with Crippen LogP contribution in [0.1, 0.15) is 62.0 Å². The van der Waals surface area contributed by atoms with Crippen molar-refractivity contribution in [3.63, 3.8) is 0 Å². The number of hydrogen-bond acceptors (Lipinski definition) is 4. The van der Waals surface area contributed by atoms with Gasteiger partial charge in [-0.25, -0.2) is 10.8 Å². The number of aromatic nitrogens is 1. The number of hydrogen-bond donors (Lipinski definition) is 2. The number of carbonyl (C=O) groups excluding carboxylic acids is 1. The third-order valence-electron chi connectivity index (χ3n) is 3.78. The molecule has 0 unspecified atom stereocenters. The maximum atomic E-state index is 12.8. The molecule has 5 heteroatoms. The maximum absolute atomic E-state index is 12.8. The number of amides is 1. The number of unbranched alkanes of at least 4 members (excludes halogenated alkanes) is 1. The third kappa shape index (κ3) is 4.17. The van der Waals surface area contributed by atoms with Gasteiger partial charge in [0.1, 0.15) is 5.82 Å². The van der Waals surface area contributed by atoms with Gasteiger partial charge in [0, 0.05) is 23.8 Å². The molecule has 0 bridgehead atoms. The molecule has 5 nitrogen and oxygen atoms in total. The Labute approximate surface area is 126 Å². The summed E-state index contributed by atoms with van der Waals surface area (Å²) in [7, 11) is 0. The fourth-order valence-electron chi connectivity index (χ4n) is 2.50. The molecule has 0 saturated heterocycles. The molecule has 1 saturated carbocycles. The molecule has 21 heavy (non-hydrogen) atoms. The fraction of sp³-hybridized carbons (Fsp3) is 0.625. The summed E-state index contributed by atoms with van der Waals surface area (Å²) in [5.41, 5.74) is 4.18. The number of hydrazine groups is 1. The van der Waals surface area contributed by atoms with Crippen LogP contribution in [0.15, 0.2) is 12.1 Å². The highest BCUT2D eigenvalue weighted by Gasteiger charge is 2.32. The summed E-state index contributed by atoms with van der Waals surface area (Å²) < 4.78 is 0. The first-order valence-electron chi connectivity index (χ1n) is 7.98. The Balaban J connectivity index is 2.21. The van der Waals surface area contributed by atoms with Crippen LogP contribution in [0.5, 0.6) is 0 Å². The average molecular weight is 290 g/mol. The standard InChI is InChI=1S/C16H26N4O/c1-3-5-9-20(14-7-8-14)16(21)12-10-13(6-4-2)18-15(11-12)19-17/h10-11,14H,3-9,17H2,1-2H3,(H,18,19). The minimum Gasteiger partial charge on any atom is -0.336 e. The second-order valence-corrected chi connectivity index (χ2v) is 5.71. The molecule has 1 aliphatic carbocycles. The normalized spacial score (nSPS) is 14.0. The lowest BCUT2D eigenvalue weighted by Crippen LogP contribution is -2.34. The van der Waals surface area contributed by atoms with E-state index in [-0.39, 0.29) is 5.91 Å². The average Bonchev–Trinajstić information content (AvgIpc) is 3.32. The van der Waals surface area contributed by atoms with Crippen LogP contribution in [0.25, 0.3) is 0 Å². The molecule has 3 N–H and O–H groups in total. The van der Waals surface area contributed by atoms with Gasteiger partial charge in [-0.3, -0.25) is 4.79 Å². The summed E-state index contributed by atoms with van der Waals surface area (Å²) in [4.78, 5) is 19.2. The van der Waals surface area contributed by atoms with Crippen LogP contribution >= 0.6 is 0 Å². The molecule has 116 valence electrons. The first kappa shape index (κ1) is 15.8. The van der Waals surface area contributed by atoms with E-state index in [1.807, 2.05) is 11.0 Å². The first-order valence-corrected chi connectivity index (χ1v) is 7.98. The van der Waals surface area contributed by atoms with Crippen molar-refractivity contribution in [3.8, 4) is 0 Å². The molecule has 1 fully saturated rings. The molecule has 1 heterocycles. The molecule has 0 atom stereocenters. The number of nitrogens with two attached hydrogens (primary N) is 1. The van der Waals surface area contributed by atoms with Crippen LogP contribution in [-0.2, 0) is 6.42 Å². The van der Waals surface area contributed by atoms with Crippen molar-refractivity contribution < 1.29 is 4.79 Å². The molecule has 1 aliphatic rings. The van der Waals surface area contributed by atoms with Crippen molar-refractivity contribution in [3.05, 3.63) is 23.4 Å². The highest BCUT2D eigenvalue weighted by atomic mass is 16.2. The Morgan fingerprint density at radius 2 is 2.14 bits per heavy atom. The van der Waals surface area contributed by atoms with Crippen molar-refractivity contribution in [1.82, 2.24) is 9.88 Å². The number of carbonyl (C=O) groups is 1. The van der Waals surface area contributed by atoms with Gasteiger partial charge in [0.15, 0.2) is 0 Å². The molecule has 1 amide bonds. The monoisotopic (exact) mass is 290 g/mol. The van der Waals surface area contributed by atoms with E-state index in [0.717, 1.165) is 50.8 Å². The smallest absolute Gasteiger partial charge is 0.254 e. The maximum Gasteiger partial charge on any atom is 0.254 e. The van der Waals surface area contributed by atoms with Crippen molar-refractivity contribution in [2.45, 2.75) is 58.4 Å². The second kappa shape index (κ2) is 7.41. The van der Waals surface area contributed by atoms with Crippen LogP contribution in [0.2, 0.25) is 0 Å². The number of pyridine rings is 1. The zero-order valence-electron chi connectivity index (χ0n) is 13.1. The quantitative estimate of drug-likeness (QED) is 0.570. The summed E-state index contributed by atoms with van der Waals surface area (Å²) in [5.74, 6) is 6.15. The Bertz CT molecular complexity index is 485. The molecular weight excluding hydrogens is 264 g/mol. The number of nitrogen functional groups attached to an aromatic ring is 1. The Hall–Kier alpha value is -1.62. The molecule has 0 radical (unpaired) electrons. The Morgan fingerprint density at radius 1 is 1.38 bits per heavy atom. The van der Waals surface area contributed by atoms with Gasteiger partial charge < -0.3 is 10.3 Å². The lowest BCUT2D eigenvalue weighted by Gasteiger charge is -2.22. The topological polar surface area (TPSA) is 71.2 Å². The van der Waals surface area contributed by atoms with E-state index < -0.39 is 0 Å². The van der Waals surface area contributed by atoms with Gasteiger partial charge in [0.2, 0.25) is 0 Å². The second-order valence-electron chi connectivity index (χ2n) is 5.71. The van der Waals surface area contributed by atoms with Crippen LogP contribution in [0, 0.1) is 0 Å². The summed E-state index contributed by atoms with van der Waals surface area (Å²) in [6.07, 6.45) is 6.26. The van der Waals surface area contributed by atoms with E-state index >= 15 is 0 Å². The van der Waals surface area contributed by atoms with Crippen LogP contribution in [-0.4, -0.2) is 28.4 Å². The van der Waals surface area contributed by atoms with E-state index in [1.165, 1.54) is 0 Å². The number of nitrogens with zero attached hydrogens (tertiary/aromatic N) is 2. The van der Waals surface area contributed by atoms with Crippen molar-refractivity contribution in [1.29, 1.82) is 0 Å². The van der Waals surface area contributed by atoms with Gasteiger partial charge >= 0.3 is 0 Å². The lowest BCUT2D eigenvalue weighted by molar-refractivity contribution is 0.0740. The summed E-state index contributed by atoms with van der Waals surface area (Å²) in [6, 6.07) is 4.10. The predicted molar refractivity (Wildman–Crippen MR) is 85.0 cm³/mol.